The lowest BCUT2D eigenvalue weighted by Crippen LogP contribution is -2.45. The Labute approximate surface area is 357 Å². The zero-order valence-electron chi connectivity index (χ0n) is 34.0. The van der Waals surface area contributed by atoms with E-state index in [4.69, 9.17) is 9.47 Å². The van der Waals surface area contributed by atoms with Gasteiger partial charge < -0.3 is 35.0 Å². The van der Waals surface area contributed by atoms with E-state index in [1.54, 1.807) is 54.6 Å². The molecule has 1 amide bonds. The zero-order chi connectivity index (χ0) is 42.9. The molecule has 0 bridgehead atoms. The molecule has 0 aromatic heterocycles. The summed E-state index contributed by atoms with van der Waals surface area (Å²) in [6.07, 6.45) is -2.67. The first-order chi connectivity index (χ1) is 29.4. The zero-order valence-corrected chi connectivity index (χ0v) is 34.9. The minimum Gasteiger partial charge on any atom is -0.508 e. The number of aliphatic hydroxyl groups excluding tert-OH is 2. The van der Waals surface area contributed by atoms with Gasteiger partial charge in [-0.05, 0) is 84.6 Å². The molecular weight excluding hydrogens is 791 g/mol. The number of ether oxygens (including phenoxy) is 2. The number of carbonyl (C=O) groups is 1. The van der Waals surface area contributed by atoms with Crippen LogP contribution in [0.1, 0.15) is 63.4 Å². The molecule has 11 nitrogen and oxygen atoms in total. The molecule has 1 heterocycles. The lowest BCUT2D eigenvalue weighted by molar-refractivity contribution is -0.263. The number of anilines is 1. The number of carbonyl (C=O) groups excluding carboxylic acids is 1. The molecule has 61 heavy (non-hydrogen) atoms. The molecule has 5 N–H and O–H groups in total. The average Bonchev–Trinajstić information content (AvgIpc) is 3.26. The number of aliphatic hydroxyl groups is 2. The van der Waals surface area contributed by atoms with E-state index in [0.717, 1.165) is 27.8 Å². The van der Waals surface area contributed by atoms with Crippen molar-refractivity contribution in [1.82, 2.24) is 9.62 Å². The first kappa shape index (κ1) is 43.4. The molecule has 316 valence electrons. The van der Waals surface area contributed by atoms with Gasteiger partial charge in [-0.15, -0.1) is 0 Å². The van der Waals surface area contributed by atoms with Gasteiger partial charge in [-0.2, -0.15) is 4.72 Å². The second-order valence-electron chi connectivity index (χ2n) is 15.5. The van der Waals surface area contributed by atoms with Gasteiger partial charge in [0, 0.05) is 30.3 Å². The Balaban J connectivity index is 1.18. The van der Waals surface area contributed by atoms with Gasteiger partial charge in [0.1, 0.15) is 11.8 Å². The number of phenols is 1. The Hall–Kier alpha value is -5.70. The van der Waals surface area contributed by atoms with Crippen LogP contribution in [-0.4, -0.2) is 66.8 Å². The van der Waals surface area contributed by atoms with Gasteiger partial charge in [-0.1, -0.05) is 127 Å². The fourth-order valence-corrected chi connectivity index (χ4v) is 8.88. The van der Waals surface area contributed by atoms with E-state index in [2.05, 4.69) is 10.0 Å². The number of amides is 1. The van der Waals surface area contributed by atoms with E-state index in [9.17, 15) is 28.5 Å². The van der Waals surface area contributed by atoms with Crippen LogP contribution >= 0.6 is 0 Å². The van der Waals surface area contributed by atoms with Crippen molar-refractivity contribution in [2.45, 2.75) is 61.4 Å². The van der Waals surface area contributed by atoms with Gasteiger partial charge >= 0.3 is 0 Å². The minimum atomic E-state index is -4.06. The highest BCUT2D eigenvalue weighted by molar-refractivity contribution is 7.89. The third-order valence-electron chi connectivity index (χ3n) is 10.9. The van der Waals surface area contributed by atoms with Gasteiger partial charge in [-0.3, -0.25) is 4.79 Å². The van der Waals surface area contributed by atoms with Gasteiger partial charge in [0.15, 0.2) is 6.29 Å². The van der Waals surface area contributed by atoms with E-state index in [1.165, 1.54) is 12.1 Å². The van der Waals surface area contributed by atoms with Crippen molar-refractivity contribution < 1.29 is 38.0 Å². The number of benzene rings is 6. The normalized spacial score (nSPS) is 19.0. The minimum absolute atomic E-state index is 0.0565. The Kier molecular flexibility index (Phi) is 14.1. The third-order valence-corrected chi connectivity index (χ3v) is 12.3. The standard InChI is InChI=1S/C49H51N3O8S/c1-33-19-25-42(26-20-33)61(57,58)51-43(27-34-11-5-3-6-12-34)48(56)50-40-17-9-16-39(28-40)49-59-45(31-52(2)30-44(55)38-15-10-18-41(54)29-38)46(36-13-7-4-8-14-36)47(60-49)37-23-21-35(32-53)22-24-37/h3-26,28-29,43-47,49,51,53-55H,27,30-32H2,1-2H3,(H,50,56)/t43-,44-,45-,46-,47+,49?/m1/s1. The molecule has 1 unspecified atom stereocenters. The molecule has 1 aliphatic rings. The van der Waals surface area contributed by atoms with Crippen molar-refractivity contribution >= 4 is 21.6 Å². The molecule has 1 aliphatic heterocycles. The number of sulfonamides is 1. The monoisotopic (exact) mass is 841 g/mol. The summed E-state index contributed by atoms with van der Waals surface area (Å²) in [5.41, 5.74) is 5.94. The molecule has 0 spiro atoms. The topological polar surface area (TPSA) is 158 Å². The molecule has 0 aliphatic carbocycles. The second kappa shape index (κ2) is 19.8. The Bertz CT molecular complexity index is 2470. The van der Waals surface area contributed by atoms with Crippen LogP contribution in [0.5, 0.6) is 5.75 Å². The van der Waals surface area contributed by atoms with Crippen LogP contribution in [0.15, 0.2) is 163 Å². The highest BCUT2D eigenvalue weighted by atomic mass is 32.2. The molecule has 0 saturated carbocycles. The number of nitrogens with one attached hydrogen (secondary N) is 2. The quantitative estimate of drug-likeness (QED) is 0.0674. The lowest BCUT2D eigenvalue weighted by atomic mass is 9.83. The maximum atomic E-state index is 14.1. The molecule has 12 heteroatoms. The molecule has 1 fully saturated rings. The van der Waals surface area contributed by atoms with Crippen molar-refractivity contribution in [2.75, 3.05) is 25.5 Å². The first-order valence-corrected chi connectivity index (χ1v) is 21.7. The molecule has 7 rings (SSSR count). The molecule has 1 saturated heterocycles. The molecule has 0 radical (unpaired) electrons. The summed E-state index contributed by atoms with van der Waals surface area (Å²) in [4.78, 5) is 16.1. The summed E-state index contributed by atoms with van der Waals surface area (Å²) in [6, 6.07) is 45.8. The number of nitrogens with zero attached hydrogens (tertiary/aromatic N) is 1. The van der Waals surface area contributed by atoms with Crippen molar-refractivity contribution in [2.24, 2.45) is 0 Å². The molecule has 6 aromatic carbocycles. The van der Waals surface area contributed by atoms with Crippen molar-refractivity contribution in [3.05, 3.63) is 197 Å². The van der Waals surface area contributed by atoms with Gasteiger partial charge in [0.25, 0.3) is 0 Å². The smallest absolute Gasteiger partial charge is 0.242 e. The van der Waals surface area contributed by atoms with E-state index in [-0.39, 0.29) is 36.1 Å². The Morgan fingerprint density at radius 2 is 1.43 bits per heavy atom. The molecule has 6 aromatic rings. The Morgan fingerprint density at radius 1 is 0.754 bits per heavy atom. The van der Waals surface area contributed by atoms with Gasteiger partial charge in [-0.25, -0.2) is 8.42 Å². The summed E-state index contributed by atoms with van der Waals surface area (Å²) in [6.45, 7) is 2.41. The largest absolute Gasteiger partial charge is 0.508 e. The lowest BCUT2D eigenvalue weighted by Gasteiger charge is -2.44. The number of aryl methyl sites for hydroxylation is 1. The highest BCUT2D eigenvalue weighted by Gasteiger charge is 2.42. The molecular formula is C49H51N3O8S. The molecule has 6 atom stereocenters. The number of rotatable bonds is 16. The predicted molar refractivity (Wildman–Crippen MR) is 234 cm³/mol. The van der Waals surface area contributed by atoms with Crippen LogP contribution < -0.4 is 10.0 Å². The first-order valence-electron chi connectivity index (χ1n) is 20.2. The van der Waals surface area contributed by atoms with Crippen LogP contribution in [0.2, 0.25) is 0 Å². The van der Waals surface area contributed by atoms with Crippen LogP contribution in [0.3, 0.4) is 0 Å². The maximum absolute atomic E-state index is 14.1. The Morgan fingerprint density at radius 3 is 2.11 bits per heavy atom. The van der Waals surface area contributed by atoms with Crippen LogP contribution in [0.4, 0.5) is 5.69 Å². The van der Waals surface area contributed by atoms with E-state index >= 15 is 0 Å². The number of phenolic OH excluding ortho intramolecular Hbond substituents is 1. The van der Waals surface area contributed by atoms with Crippen molar-refractivity contribution in [1.29, 1.82) is 0 Å². The third kappa shape index (κ3) is 11.2. The number of aromatic hydroxyl groups is 1. The van der Waals surface area contributed by atoms with Crippen LogP contribution in [0, 0.1) is 6.92 Å². The fourth-order valence-electron chi connectivity index (χ4n) is 7.68. The highest BCUT2D eigenvalue weighted by Crippen LogP contribution is 2.47. The SMILES string of the molecule is Cc1ccc(S(=O)(=O)N[C@H](Cc2ccccc2)C(=O)Nc2cccc(C3O[C@H](CN(C)C[C@@H](O)c4cccc(O)c4)[C@@H](c4ccccc4)[C@H](c4ccc(CO)cc4)O3)c2)cc1. The number of likely N-dealkylation sites (N-methyl/N-ethyl adjacent to an activating group) is 1. The fraction of sp³-hybridized carbons (Fsp3) is 0.245. The average molecular weight is 842 g/mol. The van der Waals surface area contributed by atoms with E-state index < -0.39 is 46.6 Å². The number of hydrogen-bond acceptors (Lipinski definition) is 9. The van der Waals surface area contributed by atoms with Crippen molar-refractivity contribution in [3.63, 3.8) is 0 Å². The van der Waals surface area contributed by atoms with Crippen molar-refractivity contribution in [3.8, 4) is 5.75 Å². The van der Waals surface area contributed by atoms with Crippen LogP contribution in [0.25, 0.3) is 0 Å². The maximum Gasteiger partial charge on any atom is 0.242 e. The summed E-state index contributed by atoms with van der Waals surface area (Å²) in [5, 5.41) is 34.0. The summed E-state index contributed by atoms with van der Waals surface area (Å²) >= 11 is 0. The van der Waals surface area contributed by atoms with E-state index in [1.807, 2.05) is 110 Å². The van der Waals surface area contributed by atoms with E-state index in [0.29, 0.717) is 23.4 Å². The van der Waals surface area contributed by atoms with Gasteiger partial charge in [0.2, 0.25) is 15.9 Å². The van der Waals surface area contributed by atoms with Crippen LogP contribution in [-0.2, 0) is 37.3 Å². The predicted octanol–water partition coefficient (Wildman–Crippen LogP) is 7.33. The van der Waals surface area contributed by atoms with Gasteiger partial charge in [0.05, 0.1) is 29.8 Å². The second-order valence-corrected chi connectivity index (χ2v) is 17.2. The summed E-state index contributed by atoms with van der Waals surface area (Å²) < 4.78 is 43.6. The summed E-state index contributed by atoms with van der Waals surface area (Å²) in [5.74, 6) is -0.776. The summed E-state index contributed by atoms with van der Waals surface area (Å²) in [7, 11) is -2.16. The number of hydrogen-bond donors (Lipinski definition) is 5.